The average molecular weight is 190 g/mol. The minimum atomic E-state index is 0.518. The third-order valence-corrected chi connectivity index (χ3v) is 2.28. The van der Waals surface area contributed by atoms with Crippen LogP contribution in [0.1, 0.15) is 12.8 Å². The van der Waals surface area contributed by atoms with E-state index in [4.69, 9.17) is 5.73 Å². The Morgan fingerprint density at radius 2 is 2.36 bits per heavy atom. The smallest absolute Gasteiger partial charge is 0.134 e. The molecule has 1 fully saturated rings. The molecular formula is C10H14N4. The molecule has 0 amide bonds. The van der Waals surface area contributed by atoms with E-state index in [1.165, 1.54) is 19.2 Å². The molecule has 1 saturated carbocycles. The SMILES string of the molecule is C=CCN(c1cc(N)ncn1)C1CC1. The molecule has 0 aromatic carbocycles. The monoisotopic (exact) mass is 190 g/mol. The van der Waals surface area contributed by atoms with Gasteiger partial charge in [0.15, 0.2) is 0 Å². The second-order valence-corrected chi connectivity index (χ2v) is 3.47. The standard InChI is InChI=1S/C10H14N4/c1-2-5-14(8-3-4-8)10-6-9(11)12-7-13-10/h2,6-8H,1,3-5H2,(H2,11,12,13). The van der Waals surface area contributed by atoms with Crippen LogP contribution in [-0.2, 0) is 0 Å². The van der Waals surface area contributed by atoms with Crippen molar-refractivity contribution < 1.29 is 0 Å². The average Bonchev–Trinajstić information content (AvgIpc) is 2.97. The van der Waals surface area contributed by atoms with Crippen molar-refractivity contribution in [3.05, 3.63) is 25.0 Å². The van der Waals surface area contributed by atoms with E-state index in [1.54, 1.807) is 0 Å². The normalized spacial score (nSPS) is 15.1. The molecule has 14 heavy (non-hydrogen) atoms. The molecule has 2 rings (SSSR count). The van der Waals surface area contributed by atoms with Crippen molar-refractivity contribution in [2.24, 2.45) is 0 Å². The van der Waals surface area contributed by atoms with Gasteiger partial charge in [-0.2, -0.15) is 0 Å². The first kappa shape index (κ1) is 8.99. The van der Waals surface area contributed by atoms with E-state index in [1.807, 2.05) is 12.1 Å². The van der Waals surface area contributed by atoms with Gasteiger partial charge in [0.2, 0.25) is 0 Å². The van der Waals surface area contributed by atoms with Crippen LogP contribution in [0.5, 0.6) is 0 Å². The number of hydrogen-bond acceptors (Lipinski definition) is 4. The predicted octanol–water partition coefficient (Wildman–Crippen LogP) is 1.21. The summed E-state index contributed by atoms with van der Waals surface area (Å²) in [5, 5.41) is 0. The summed E-state index contributed by atoms with van der Waals surface area (Å²) in [5.74, 6) is 1.42. The lowest BCUT2D eigenvalue weighted by molar-refractivity contribution is 0.837. The first-order valence-corrected chi connectivity index (χ1v) is 4.76. The molecule has 1 aliphatic rings. The molecule has 1 aromatic rings. The van der Waals surface area contributed by atoms with Gasteiger partial charge in [-0.05, 0) is 12.8 Å². The largest absolute Gasteiger partial charge is 0.384 e. The van der Waals surface area contributed by atoms with Crippen LogP contribution in [0.2, 0.25) is 0 Å². The lowest BCUT2D eigenvalue weighted by Gasteiger charge is -2.21. The third kappa shape index (κ3) is 1.84. The summed E-state index contributed by atoms with van der Waals surface area (Å²) in [6.45, 7) is 4.56. The molecule has 0 unspecified atom stereocenters. The Kier molecular flexibility index (Phi) is 2.35. The van der Waals surface area contributed by atoms with E-state index in [9.17, 15) is 0 Å². The Bertz CT molecular complexity index is 333. The second-order valence-electron chi connectivity index (χ2n) is 3.47. The van der Waals surface area contributed by atoms with Gasteiger partial charge in [-0.1, -0.05) is 6.08 Å². The highest BCUT2D eigenvalue weighted by Crippen LogP contribution is 2.30. The van der Waals surface area contributed by atoms with Gasteiger partial charge >= 0.3 is 0 Å². The van der Waals surface area contributed by atoms with Crippen LogP contribution >= 0.6 is 0 Å². The van der Waals surface area contributed by atoms with Gasteiger partial charge in [0.05, 0.1) is 0 Å². The zero-order chi connectivity index (χ0) is 9.97. The van der Waals surface area contributed by atoms with Crippen molar-refractivity contribution in [2.45, 2.75) is 18.9 Å². The summed E-state index contributed by atoms with van der Waals surface area (Å²) < 4.78 is 0. The molecule has 1 aromatic heterocycles. The molecule has 1 heterocycles. The minimum absolute atomic E-state index is 0.518. The predicted molar refractivity (Wildman–Crippen MR) is 57.0 cm³/mol. The molecule has 4 nitrogen and oxygen atoms in total. The zero-order valence-electron chi connectivity index (χ0n) is 8.06. The van der Waals surface area contributed by atoms with Crippen LogP contribution in [0.3, 0.4) is 0 Å². The van der Waals surface area contributed by atoms with Crippen molar-refractivity contribution in [3.8, 4) is 0 Å². The van der Waals surface area contributed by atoms with Gasteiger partial charge in [0.1, 0.15) is 18.0 Å². The molecule has 0 saturated heterocycles. The molecule has 0 aliphatic heterocycles. The summed E-state index contributed by atoms with van der Waals surface area (Å²) in [6.07, 6.45) is 5.86. The fraction of sp³-hybridized carbons (Fsp3) is 0.400. The number of nitrogens with zero attached hydrogens (tertiary/aromatic N) is 3. The van der Waals surface area contributed by atoms with Crippen molar-refractivity contribution in [1.29, 1.82) is 0 Å². The van der Waals surface area contributed by atoms with Crippen LogP contribution < -0.4 is 10.6 Å². The van der Waals surface area contributed by atoms with Crippen LogP contribution in [0, 0.1) is 0 Å². The molecular weight excluding hydrogens is 176 g/mol. The summed E-state index contributed by atoms with van der Waals surface area (Å²) >= 11 is 0. The minimum Gasteiger partial charge on any atom is -0.384 e. The van der Waals surface area contributed by atoms with E-state index in [0.717, 1.165) is 12.4 Å². The Balaban J connectivity index is 2.20. The molecule has 1 aliphatic carbocycles. The molecule has 0 atom stereocenters. The zero-order valence-corrected chi connectivity index (χ0v) is 8.06. The molecule has 2 N–H and O–H groups in total. The number of hydrogen-bond donors (Lipinski definition) is 1. The molecule has 4 heteroatoms. The quantitative estimate of drug-likeness (QED) is 0.725. The van der Waals surface area contributed by atoms with E-state index >= 15 is 0 Å². The first-order valence-electron chi connectivity index (χ1n) is 4.76. The fourth-order valence-electron chi connectivity index (χ4n) is 1.47. The number of anilines is 2. The van der Waals surface area contributed by atoms with Crippen LogP contribution in [0.15, 0.2) is 25.0 Å². The maximum absolute atomic E-state index is 5.61. The van der Waals surface area contributed by atoms with Gasteiger partial charge < -0.3 is 10.6 Å². The molecule has 0 spiro atoms. The number of nitrogens with two attached hydrogens (primary N) is 1. The first-order chi connectivity index (χ1) is 6.81. The van der Waals surface area contributed by atoms with Gasteiger partial charge in [-0.15, -0.1) is 6.58 Å². The summed E-state index contributed by atoms with van der Waals surface area (Å²) in [4.78, 5) is 10.3. The van der Waals surface area contributed by atoms with Gasteiger partial charge in [0.25, 0.3) is 0 Å². The Labute approximate surface area is 83.5 Å². The maximum Gasteiger partial charge on any atom is 0.134 e. The highest BCUT2D eigenvalue weighted by Gasteiger charge is 2.29. The highest BCUT2D eigenvalue weighted by atomic mass is 15.2. The summed E-state index contributed by atoms with van der Waals surface area (Å²) in [5.41, 5.74) is 5.61. The van der Waals surface area contributed by atoms with Crippen molar-refractivity contribution in [2.75, 3.05) is 17.2 Å². The second kappa shape index (κ2) is 3.65. The van der Waals surface area contributed by atoms with Gasteiger partial charge in [-0.3, -0.25) is 0 Å². The third-order valence-electron chi connectivity index (χ3n) is 2.28. The Hall–Kier alpha value is -1.58. The van der Waals surface area contributed by atoms with Crippen molar-refractivity contribution >= 4 is 11.6 Å². The molecule has 0 radical (unpaired) electrons. The van der Waals surface area contributed by atoms with Crippen LogP contribution in [0.4, 0.5) is 11.6 Å². The van der Waals surface area contributed by atoms with Crippen LogP contribution in [0.25, 0.3) is 0 Å². The van der Waals surface area contributed by atoms with Gasteiger partial charge in [0, 0.05) is 18.7 Å². The Morgan fingerprint density at radius 3 is 2.93 bits per heavy atom. The van der Waals surface area contributed by atoms with E-state index in [2.05, 4.69) is 21.4 Å². The number of nitrogen functional groups attached to an aromatic ring is 1. The highest BCUT2D eigenvalue weighted by molar-refractivity contribution is 5.48. The topological polar surface area (TPSA) is 55.0 Å². The van der Waals surface area contributed by atoms with Gasteiger partial charge in [-0.25, -0.2) is 9.97 Å². The summed E-state index contributed by atoms with van der Waals surface area (Å²) in [7, 11) is 0. The fourth-order valence-corrected chi connectivity index (χ4v) is 1.47. The lowest BCUT2D eigenvalue weighted by Crippen LogP contribution is -2.26. The van der Waals surface area contributed by atoms with Crippen LogP contribution in [-0.4, -0.2) is 22.6 Å². The lowest BCUT2D eigenvalue weighted by atomic mass is 10.4. The van der Waals surface area contributed by atoms with Crippen molar-refractivity contribution in [1.82, 2.24) is 9.97 Å². The van der Waals surface area contributed by atoms with Crippen molar-refractivity contribution in [3.63, 3.8) is 0 Å². The number of rotatable bonds is 4. The van der Waals surface area contributed by atoms with E-state index in [0.29, 0.717) is 11.9 Å². The van der Waals surface area contributed by atoms with E-state index < -0.39 is 0 Å². The molecule has 0 bridgehead atoms. The summed E-state index contributed by atoms with van der Waals surface area (Å²) in [6, 6.07) is 2.42. The number of aromatic nitrogens is 2. The van der Waals surface area contributed by atoms with E-state index in [-0.39, 0.29) is 0 Å². The molecule has 74 valence electrons. The maximum atomic E-state index is 5.61. The Morgan fingerprint density at radius 1 is 1.57 bits per heavy atom.